The van der Waals surface area contributed by atoms with E-state index in [0.717, 1.165) is 11.1 Å². The van der Waals surface area contributed by atoms with Gasteiger partial charge in [0.25, 0.3) is 0 Å². The first-order valence-electron chi connectivity index (χ1n) is 6.21. The molecule has 0 heterocycles. The summed E-state index contributed by atoms with van der Waals surface area (Å²) in [6.07, 6.45) is -0.725. The molecule has 98 valence electrons. The molecule has 0 bridgehead atoms. The van der Waals surface area contributed by atoms with Crippen LogP contribution in [0.1, 0.15) is 24.2 Å². The van der Waals surface area contributed by atoms with Gasteiger partial charge in [0.1, 0.15) is 12.7 Å². The summed E-state index contributed by atoms with van der Waals surface area (Å²) in [5, 5.41) is 14.0. The SMILES string of the molecule is CC(=NOCc1ccccc1)C(O)c1ccccc1. The fraction of sp³-hybridized carbons (Fsp3) is 0.188. The molecule has 2 aromatic rings. The summed E-state index contributed by atoms with van der Waals surface area (Å²) in [6, 6.07) is 19.2. The summed E-state index contributed by atoms with van der Waals surface area (Å²) in [5.74, 6) is 0. The van der Waals surface area contributed by atoms with Crippen LogP contribution in [0.5, 0.6) is 0 Å². The van der Waals surface area contributed by atoms with Crippen LogP contribution >= 0.6 is 0 Å². The van der Waals surface area contributed by atoms with E-state index in [1.807, 2.05) is 60.7 Å². The Morgan fingerprint density at radius 3 is 2.26 bits per heavy atom. The maximum Gasteiger partial charge on any atom is 0.142 e. The monoisotopic (exact) mass is 255 g/mol. The lowest BCUT2D eigenvalue weighted by molar-refractivity contribution is 0.124. The Morgan fingerprint density at radius 1 is 1.05 bits per heavy atom. The molecular weight excluding hydrogens is 238 g/mol. The number of aliphatic hydroxyl groups is 1. The first kappa shape index (κ1) is 13.3. The van der Waals surface area contributed by atoms with Crippen LogP contribution in [-0.4, -0.2) is 10.8 Å². The van der Waals surface area contributed by atoms with E-state index in [-0.39, 0.29) is 0 Å². The average Bonchev–Trinajstić information content (AvgIpc) is 2.48. The Morgan fingerprint density at radius 2 is 1.63 bits per heavy atom. The minimum absolute atomic E-state index is 0.402. The zero-order valence-corrected chi connectivity index (χ0v) is 10.9. The third kappa shape index (κ3) is 3.93. The van der Waals surface area contributed by atoms with E-state index in [4.69, 9.17) is 4.84 Å². The van der Waals surface area contributed by atoms with Gasteiger partial charge in [-0.15, -0.1) is 0 Å². The second-order valence-corrected chi connectivity index (χ2v) is 4.30. The molecule has 0 fully saturated rings. The van der Waals surface area contributed by atoms with E-state index in [0.29, 0.717) is 12.3 Å². The third-order valence-corrected chi connectivity index (χ3v) is 2.79. The first-order valence-corrected chi connectivity index (χ1v) is 6.21. The standard InChI is InChI=1S/C16H17NO2/c1-13(16(18)15-10-6-3-7-11-15)17-19-12-14-8-4-2-5-9-14/h2-11,16,18H,12H2,1H3. The topological polar surface area (TPSA) is 41.8 Å². The Bertz CT molecular complexity index is 523. The maximum atomic E-state index is 10.1. The summed E-state index contributed by atoms with van der Waals surface area (Å²) < 4.78 is 0. The van der Waals surface area contributed by atoms with Gasteiger partial charge in [-0.25, -0.2) is 0 Å². The molecule has 2 rings (SSSR count). The lowest BCUT2D eigenvalue weighted by atomic mass is 10.1. The van der Waals surface area contributed by atoms with Crippen molar-refractivity contribution < 1.29 is 9.94 Å². The fourth-order valence-corrected chi connectivity index (χ4v) is 1.71. The summed E-state index contributed by atoms with van der Waals surface area (Å²) >= 11 is 0. The lowest BCUT2D eigenvalue weighted by Crippen LogP contribution is -2.08. The second kappa shape index (κ2) is 6.71. The van der Waals surface area contributed by atoms with Crippen molar-refractivity contribution in [2.24, 2.45) is 5.16 Å². The van der Waals surface area contributed by atoms with Gasteiger partial charge in [-0.05, 0) is 18.1 Å². The van der Waals surface area contributed by atoms with E-state index in [1.165, 1.54) is 0 Å². The van der Waals surface area contributed by atoms with E-state index < -0.39 is 6.10 Å². The molecule has 1 N–H and O–H groups in total. The van der Waals surface area contributed by atoms with Crippen LogP contribution in [0, 0.1) is 0 Å². The molecule has 0 saturated heterocycles. The van der Waals surface area contributed by atoms with Crippen LogP contribution in [0.25, 0.3) is 0 Å². The molecule has 19 heavy (non-hydrogen) atoms. The molecule has 2 aromatic carbocycles. The van der Waals surface area contributed by atoms with Crippen LogP contribution in [0.4, 0.5) is 0 Å². The highest BCUT2D eigenvalue weighted by atomic mass is 16.6. The summed E-state index contributed by atoms with van der Waals surface area (Å²) in [6.45, 7) is 2.16. The molecule has 0 aliphatic carbocycles. The lowest BCUT2D eigenvalue weighted by Gasteiger charge is -2.10. The van der Waals surface area contributed by atoms with Crippen molar-refractivity contribution in [2.75, 3.05) is 0 Å². The summed E-state index contributed by atoms with van der Waals surface area (Å²) in [4.78, 5) is 5.25. The van der Waals surface area contributed by atoms with Gasteiger partial charge in [0.15, 0.2) is 0 Å². The minimum atomic E-state index is -0.725. The summed E-state index contributed by atoms with van der Waals surface area (Å²) in [5.41, 5.74) is 2.41. The van der Waals surface area contributed by atoms with E-state index in [9.17, 15) is 5.11 Å². The van der Waals surface area contributed by atoms with Gasteiger partial charge in [-0.1, -0.05) is 65.8 Å². The van der Waals surface area contributed by atoms with Crippen molar-refractivity contribution in [2.45, 2.75) is 19.6 Å². The molecule has 3 nitrogen and oxygen atoms in total. The molecule has 0 spiro atoms. The number of aliphatic hydroxyl groups excluding tert-OH is 1. The second-order valence-electron chi connectivity index (χ2n) is 4.30. The van der Waals surface area contributed by atoms with Crippen LogP contribution in [0.15, 0.2) is 65.8 Å². The van der Waals surface area contributed by atoms with Gasteiger partial charge in [-0.2, -0.15) is 0 Å². The minimum Gasteiger partial charge on any atom is -0.391 e. The number of hydrogen-bond acceptors (Lipinski definition) is 3. The Hall–Kier alpha value is -2.13. The van der Waals surface area contributed by atoms with Crippen molar-refractivity contribution in [3.8, 4) is 0 Å². The van der Waals surface area contributed by atoms with Crippen molar-refractivity contribution in [3.05, 3.63) is 71.8 Å². The van der Waals surface area contributed by atoms with Gasteiger partial charge >= 0.3 is 0 Å². The van der Waals surface area contributed by atoms with Crippen LogP contribution in [-0.2, 0) is 11.4 Å². The Balaban J connectivity index is 1.92. The number of hydrogen-bond donors (Lipinski definition) is 1. The number of nitrogens with zero attached hydrogens (tertiary/aromatic N) is 1. The third-order valence-electron chi connectivity index (χ3n) is 2.79. The number of rotatable bonds is 5. The molecule has 1 atom stereocenters. The fourth-order valence-electron chi connectivity index (χ4n) is 1.71. The molecule has 1 unspecified atom stereocenters. The smallest absolute Gasteiger partial charge is 0.142 e. The average molecular weight is 255 g/mol. The molecule has 0 amide bonds. The maximum absolute atomic E-state index is 10.1. The van der Waals surface area contributed by atoms with Gasteiger partial charge in [0.05, 0.1) is 5.71 Å². The Labute approximate surface area is 113 Å². The van der Waals surface area contributed by atoms with Gasteiger partial charge in [0.2, 0.25) is 0 Å². The number of oxime groups is 1. The number of benzene rings is 2. The molecule has 0 aliphatic heterocycles. The highest BCUT2D eigenvalue weighted by molar-refractivity contribution is 5.86. The predicted octanol–water partition coefficient (Wildman–Crippen LogP) is 3.31. The van der Waals surface area contributed by atoms with Crippen molar-refractivity contribution >= 4 is 5.71 Å². The predicted molar refractivity (Wildman–Crippen MR) is 75.7 cm³/mol. The first-order chi connectivity index (χ1) is 9.27. The van der Waals surface area contributed by atoms with Crippen molar-refractivity contribution in [1.29, 1.82) is 0 Å². The van der Waals surface area contributed by atoms with Crippen molar-refractivity contribution in [3.63, 3.8) is 0 Å². The van der Waals surface area contributed by atoms with Crippen LogP contribution < -0.4 is 0 Å². The summed E-state index contributed by atoms with van der Waals surface area (Å²) in [7, 11) is 0. The highest BCUT2D eigenvalue weighted by Gasteiger charge is 2.10. The van der Waals surface area contributed by atoms with Crippen LogP contribution in [0.2, 0.25) is 0 Å². The van der Waals surface area contributed by atoms with Gasteiger partial charge in [-0.3, -0.25) is 0 Å². The quantitative estimate of drug-likeness (QED) is 0.658. The largest absolute Gasteiger partial charge is 0.391 e. The Kier molecular flexibility index (Phi) is 4.70. The van der Waals surface area contributed by atoms with Gasteiger partial charge in [0, 0.05) is 0 Å². The van der Waals surface area contributed by atoms with E-state index >= 15 is 0 Å². The molecule has 3 heteroatoms. The molecule has 0 saturated carbocycles. The zero-order chi connectivity index (χ0) is 13.5. The van der Waals surface area contributed by atoms with E-state index in [2.05, 4.69) is 5.16 Å². The molecule has 0 aromatic heterocycles. The zero-order valence-electron chi connectivity index (χ0n) is 10.9. The molecule has 0 radical (unpaired) electrons. The molecule has 0 aliphatic rings. The highest BCUT2D eigenvalue weighted by Crippen LogP contribution is 2.14. The van der Waals surface area contributed by atoms with Gasteiger partial charge < -0.3 is 9.94 Å². The molecular formula is C16H17NO2. The van der Waals surface area contributed by atoms with E-state index in [1.54, 1.807) is 6.92 Å². The van der Waals surface area contributed by atoms with Crippen molar-refractivity contribution in [1.82, 2.24) is 0 Å². The normalized spacial score (nSPS) is 13.1. The van der Waals surface area contributed by atoms with Crippen LogP contribution in [0.3, 0.4) is 0 Å².